The lowest BCUT2D eigenvalue weighted by atomic mass is 9.86. The lowest BCUT2D eigenvalue weighted by molar-refractivity contribution is -0.129. The van der Waals surface area contributed by atoms with Gasteiger partial charge in [-0.1, -0.05) is 36.4 Å². The highest BCUT2D eigenvalue weighted by Gasteiger charge is 2.37. The molecule has 38 heavy (non-hydrogen) atoms. The average molecular weight is 541 g/mol. The Bertz CT molecular complexity index is 1310. The Morgan fingerprint density at radius 2 is 1.84 bits per heavy atom. The maximum absolute atomic E-state index is 13.5. The standard InChI is InChI=1S/C28H33FN4O4S/c29-22-11-14-32(15-12-22)19-20-9-10-24-21(17-20)5-4-8-25(24)31-27(34)18-26-28(35)30-13-16-33(26)38(36,37)23-6-2-1-3-7-23/h1-3,6-7,9-10,13,16-17,22,25-26H,4-5,8,11-12,14-15,18-19H2,(H,30,35)(H,31,34)/t25-,26-/m1/s1. The van der Waals surface area contributed by atoms with Gasteiger partial charge in [0.2, 0.25) is 11.8 Å². The van der Waals surface area contributed by atoms with Crippen LogP contribution < -0.4 is 10.6 Å². The van der Waals surface area contributed by atoms with Crippen LogP contribution in [-0.2, 0) is 32.6 Å². The third-order valence-corrected chi connectivity index (χ3v) is 9.33. The molecule has 1 saturated heterocycles. The number of carbonyl (C=O) groups excluding carboxylic acids is 2. The highest BCUT2D eigenvalue weighted by Crippen LogP contribution is 2.31. The molecule has 0 bridgehead atoms. The van der Waals surface area contributed by atoms with Crippen molar-refractivity contribution in [3.8, 4) is 0 Å². The number of fused-ring (bicyclic) bond motifs is 1. The van der Waals surface area contributed by atoms with Crippen LogP contribution in [0.2, 0.25) is 0 Å². The molecule has 0 radical (unpaired) electrons. The second-order valence-corrected chi connectivity index (χ2v) is 12.0. The van der Waals surface area contributed by atoms with Crippen LogP contribution >= 0.6 is 0 Å². The average Bonchev–Trinajstić information content (AvgIpc) is 2.91. The van der Waals surface area contributed by atoms with E-state index >= 15 is 0 Å². The molecule has 2 aromatic rings. The smallest absolute Gasteiger partial charge is 0.264 e. The summed E-state index contributed by atoms with van der Waals surface area (Å²) in [6.45, 7) is 2.31. The zero-order valence-corrected chi connectivity index (χ0v) is 22.0. The Labute approximate surface area is 222 Å². The minimum Gasteiger partial charge on any atom is -0.349 e. The van der Waals surface area contributed by atoms with Crippen LogP contribution in [0.4, 0.5) is 4.39 Å². The molecule has 2 amide bonds. The van der Waals surface area contributed by atoms with Crippen molar-refractivity contribution in [1.29, 1.82) is 0 Å². The molecule has 0 aromatic heterocycles. The summed E-state index contributed by atoms with van der Waals surface area (Å²) in [7, 11) is -4.01. The number of nitrogens with zero attached hydrogens (tertiary/aromatic N) is 2. The Morgan fingerprint density at radius 1 is 1.08 bits per heavy atom. The van der Waals surface area contributed by atoms with Crippen molar-refractivity contribution in [3.05, 3.63) is 77.6 Å². The molecule has 2 aliphatic heterocycles. The predicted octanol–water partition coefficient (Wildman–Crippen LogP) is 3.16. The van der Waals surface area contributed by atoms with Gasteiger partial charge in [-0.3, -0.25) is 18.8 Å². The fraction of sp³-hybridized carbons (Fsp3) is 0.429. The fourth-order valence-electron chi connectivity index (χ4n) is 5.52. The molecule has 202 valence electrons. The first-order valence-electron chi connectivity index (χ1n) is 13.1. The maximum atomic E-state index is 13.5. The van der Waals surface area contributed by atoms with Crippen LogP contribution in [0.3, 0.4) is 0 Å². The molecular weight excluding hydrogens is 507 g/mol. The molecular formula is C28H33FN4O4S. The van der Waals surface area contributed by atoms with Gasteiger partial charge in [-0.25, -0.2) is 12.8 Å². The van der Waals surface area contributed by atoms with Crippen molar-refractivity contribution in [2.45, 2.75) is 68.2 Å². The summed E-state index contributed by atoms with van der Waals surface area (Å²) in [6, 6.07) is 12.8. The molecule has 1 fully saturated rings. The van der Waals surface area contributed by atoms with Gasteiger partial charge in [0.05, 0.1) is 17.4 Å². The Hall–Kier alpha value is -3.24. The van der Waals surface area contributed by atoms with E-state index < -0.39 is 28.1 Å². The van der Waals surface area contributed by atoms with E-state index in [0.29, 0.717) is 12.8 Å². The number of halogens is 1. The summed E-state index contributed by atoms with van der Waals surface area (Å²) < 4.78 is 40.9. The highest BCUT2D eigenvalue weighted by atomic mass is 32.2. The van der Waals surface area contributed by atoms with E-state index in [0.717, 1.165) is 48.8 Å². The second kappa shape index (κ2) is 11.2. The molecule has 3 aliphatic rings. The number of carbonyl (C=O) groups is 2. The van der Waals surface area contributed by atoms with Gasteiger partial charge >= 0.3 is 0 Å². The highest BCUT2D eigenvalue weighted by molar-refractivity contribution is 7.89. The third kappa shape index (κ3) is 5.76. The Kier molecular flexibility index (Phi) is 7.80. The van der Waals surface area contributed by atoms with Gasteiger partial charge in [-0.2, -0.15) is 0 Å². The number of amides is 2. The van der Waals surface area contributed by atoms with E-state index in [1.54, 1.807) is 18.2 Å². The fourth-order valence-corrected chi connectivity index (χ4v) is 6.99. The number of piperidine rings is 1. The summed E-state index contributed by atoms with van der Waals surface area (Å²) in [5.41, 5.74) is 3.42. The Balaban J connectivity index is 1.26. The molecule has 2 heterocycles. The molecule has 1 aliphatic carbocycles. The summed E-state index contributed by atoms with van der Waals surface area (Å²) in [4.78, 5) is 28.1. The van der Waals surface area contributed by atoms with E-state index in [1.807, 2.05) is 0 Å². The number of aryl methyl sites for hydroxylation is 1. The van der Waals surface area contributed by atoms with Gasteiger partial charge < -0.3 is 10.6 Å². The van der Waals surface area contributed by atoms with E-state index in [1.165, 1.54) is 35.7 Å². The second-order valence-electron chi connectivity index (χ2n) is 10.2. The van der Waals surface area contributed by atoms with Crippen molar-refractivity contribution in [2.75, 3.05) is 13.1 Å². The van der Waals surface area contributed by atoms with Gasteiger partial charge in [-0.05, 0) is 60.9 Å². The molecule has 2 N–H and O–H groups in total. The van der Waals surface area contributed by atoms with Crippen LogP contribution in [0.5, 0.6) is 0 Å². The summed E-state index contributed by atoms with van der Waals surface area (Å²) in [5, 5.41) is 5.57. The molecule has 0 unspecified atom stereocenters. The molecule has 5 rings (SSSR count). The molecule has 2 atom stereocenters. The van der Waals surface area contributed by atoms with Crippen molar-refractivity contribution >= 4 is 21.8 Å². The van der Waals surface area contributed by atoms with Crippen molar-refractivity contribution < 1.29 is 22.4 Å². The largest absolute Gasteiger partial charge is 0.349 e. The minimum absolute atomic E-state index is 0.0517. The lowest BCUT2D eigenvalue weighted by Crippen LogP contribution is -2.51. The van der Waals surface area contributed by atoms with Gasteiger partial charge in [0.25, 0.3) is 10.0 Å². The van der Waals surface area contributed by atoms with E-state index in [-0.39, 0.29) is 23.3 Å². The first-order valence-corrected chi connectivity index (χ1v) is 14.6. The number of likely N-dealkylation sites (tertiary alicyclic amines) is 1. The predicted molar refractivity (Wildman–Crippen MR) is 141 cm³/mol. The topological polar surface area (TPSA) is 98.8 Å². The van der Waals surface area contributed by atoms with Gasteiger partial charge in [-0.15, -0.1) is 0 Å². The summed E-state index contributed by atoms with van der Waals surface area (Å²) in [6.07, 6.45) is 5.33. The number of alkyl halides is 1. The monoisotopic (exact) mass is 540 g/mol. The zero-order valence-electron chi connectivity index (χ0n) is 21.2. The van der Waals surface area contributed by atoms with E-state index in [4.69, 9.17) is 0 Å². The van der Waals surface area contributed by atoms with Gasteiger partial charge in [0, 0.05) is 32.0 Å². The molecule has 10 heteroatoms. The number of rotatable bonds is 7. The maximum Gasteiger partial charge on any atom is 0.264 e. The normalized spacial score (nSPS) is 22.6. The summed E-state index contributed by atoms with van der Waals surface area (Å²) in [5.74, 6) is -0.933. The number of hydrogen-bond donors (Lipinski definition) is 2. The van der Waals surface area contributed by atoms with Crippen LogP contribution in [0.15, 0.2) is 65.8 Å². The first-order chi connectivity index (χ1) is 18.3. The lowest BCUT2D eigenvalue weighted by Gasteiger charge is -2.32. The van der Waals surface area contributed by atoms with Crippen LogP contribution in [0.1, 0.15) is 54.8 Å². The number of nitrogens with one attached hydrogen (secondary N) is 2. The summed E-state index contributed by atoms with van der Waals surface area (Å²) >= 11 is 0. The zero-order chi connectivity index (χ0) is 26.7. The Morgan fingerprint density at radius 3 is 2.61 bits per heavy atom. The molecule has 8 nitrogen and oxygen atoms in total. The molecule has 0 spiro atoms. The van der Waals surface area contributed by atoms with Gasteiger partial charge in [0.1, 0.15) is 12.2 Å². The van der Waals surface area contributed by atoms with Gasteiger partial charge in [0.15, 0.2) is 0 Å². The van der Waals surface area contributed by atoms with E-state index in [9.17, 15) is 22.4 Å². The van der Waals surface area contributed by atoms with Crippen LogP contribution in [-0.4, -0.2) is 54.7 Å². The van der Waals surface area contributed by atoms with Crippen LogP contribution in [0, 0.1) is 0 Å². The third-order valence-electron chi connectivity index (χ3n) is 7.53. The van der Waals surface area contributed by atoms with Crippen molar-refractivity contribution in [2.24, 2.45) is 0 Å². The van der Waals surface area contributed by atoms with E-state index in [2.05, 4.69) is 33.7 Å². The number of hydrogen-bond acceptors (Lipinski definition) is 5. The quantitative estimate of drug-likeness (QED) is 0.562. The number of sulfonamides is 1. The van der Waals surface area contributed by atoms with Crippen LogP contribution in [0.25, 0.3) is 0 Å². The first kappa shape index (κ1) is 26.4. The van der Waals surface area contributed by atoms with Crippen molar-refractivity contribution in [1.82, 2.24) is 19.8 Å². The van der Waals surface area contributed by atoms with Crippen molar-refractivity contribution in [3.63, 3.8) is 0 Å². The SMILES string of the molecule is O=C(C[C@@H]1C(=O)NC=CN1S(=O)(=O)c1ccccc1)N[C@@H]1CCCc2cc(CN3CCC(F)CC3)ccc21. The minimum atomic E-state index is -4.01. The molecule has 2 aromatic carbocycles. The molecule has 0 saturated carbocycles. The number of benzene rings is 2.